The minimum atomic E-state index is 0.276. The molecule has 1 amide bonds. The highest BCUT2D eigenvalue weighted by Crippen LogP contribution is 2.49. The van der Waals surface area contributed by atoms with E-state index in [1.165, 1.54) is 25.7 Å². The molecule has 2 fully saturated rings. The van der Waals surface area contributed by atoms with Crippen molar-refractivity contribution < 1.29 is 4.79 Å². The van der Waals surface area contributed by atoms with Crippen LogP contribution in [0, 0.1) is 11.3 Å². The maximum absolute atomic E-state index is 11.8. The van der Waals surface area contributed by atoms with E-state index in [0.29, 0.717) is 5.91 Å². The Hall–Kier alpha value is -0.180. The van der Waals surface area contributed by atoms with Crippen LogP contribution in [-0.2, 0) is 4.79 Å². The topological polar surface area (TPSA) is 20.3 Å². The lowest BCUT2D eigenvalue weighted by atomic mass is 10.0. The van der Waals surface area contributed by atoms with Crippen molar-refractivity contribution in [1.29, 1.82) is 0 Å². The second kappa shape index (κ2) is 3.76. The molecule has 0 aromatic heterocycles. The molecule has 2 aliphatic carbocycles. The van der Waals surface area contributed by atoms with Crippen LogP contribution in [0.3, 0.4) is 0 Å². The molecule has 3 heteroatoms. The molecule has 0 heterocycles. The van der Waals surface area contributed by atoms with E-state index in [0.717, 1.165) is 24.6 Å². The molecule has 0 aromatic carbocycles. The first-order valence-corrected chi connectivity index (χ1v) is 6.13. The minimum absolute atomic E-state index is 0.276. The highest BCUT2D eigenvalue weighted by Gasteiger charge is 2.43. The van der Waals surface area contributed by atoms with Crippen LogP contribution in [0.1, 0.15) is 32.1 Å². The molecule has 14 heavy (non-hydrogen) atoms. The molecule has 0 atom stereocenters. The van der Waals surface area contributed by atoms with E-state index in [4.69, 9.17) is 0 Å². The number of carbonyl (C=O) groups excluding carboxylic acids is 1. The van der Waals surface area contributed by atoms with Crippen LogP contribution in [0.2, 0.25) is 0 Å². The molecule has 0 aliphatic heterocycles. The van der Waals surface area contributed by atoms with Crippen LogP contribution in [-0.4, -0.2) is 30.2 Å². The first-order chi connectivity index (χ1) is 6.65. The van der Waals surface area contributed by atoms with E-state index in [2.05, 4.69) is 12.6 Å². The number of amides is 1. The van der Waals surface area contributed by atoms with Gasteiger partial charge in [-0.1, -0.05) is 0 Å². The first-order valence-electron chi connectivity index (χ1n) is 5.50. The molecule has 0 bridgehead atoms. The predicted octanol–water partition coefficient (Wildman–Crippen LogP) is 1.95. The van der Waals surface area contributed by atoms with Crippen molar-refractivity contribution >= 4 is 18.5 Å². The standard InChI is InChI=1S/C11H19NOS/c1-12(7-9-2-3-9)10(13)6-11(8-14)4-5-11/h9,14H,2-8H2,1H3. The van der Waals surface area contributed by atoms with Gasteiger partial charge in [-0.2, -0.15) is 12.6 Å². The van der Waals surface area contributed by atoms with Crippen molar-refractivity contribution in [1.82, 2.24) is 4.90 Å². The number of hydrogen-bond acceptors (Lipinski definition) is 2. The third-order valence-electron chi connectivity index (χ3n) is 3.47. The summed E-state index contributed by atoms with van der Waals surface area (Å²) in [4.78, 5) is 13.7. The molecule has 2 saturated carbocycles. The van der Waals surface area contributed by atoms with Gasteiger partial charge in [-0.15, -0.1) is 0 Å². The average molecular weight is 213 g/mol. The van der Waals surface area contributed by atoms with Crippen molar-refractivity contribution in [3.8, 4) is 0 Å². The summed E-state index contributed by atoms with van der Waals surface area (Å²) in [5, 5.41) is 0. The zero-order valence-corrected chi connectivity index (χ0v) is 9.72. The zero-order valence-electron chi connectivity index (χ0n) is 8.83. The van der Waals surface area contributed by atoms with Gasteiger partial charge in [0.1, 0.15) is 0 Å². The van der Waals surface area contributed by atoms with Crippen molar-refractivity contribution in [2.75, 3.05) is 19.3 Å². The monoisotopic (exact) mass is 213 g/mol. The summed E-state index contributed by atoms with van der Waals surface area (Å²) in [6.07, 6.45) is 5.74. The third kappa shape index (κ3) is 2.44. The molecular formula is C11H19NOS. The van der Waals surface area contributed by atoms with Crippen LogP contribution >= 0.6 is 12.6 Å². The van der Waals surface area contributed by atoms with Gasteiger partial charge in [-0.05, 0) is 42.8 Å². The summed E-state index contributed by atoms with van der Waals surface area (Å²) in [5.41, 5.74) is 0.276. The maximum atomic E-state index is 11.8. The third-order valence-corrected chi connectivity index (χ3v) is 4.14. The summed E-state index contributed by atoms with van der Waals surface area (Å²) in [6, 6.07) is 0. The van der Waals surface area contributed by atoms with E-state index < -0.39 is 0 Å². The lowest BCUT2D eigenvalue weighted by molar-refractivity contribution is -0.131. The lowest BCUT2D eigenvalue weighted by Crippen LogP contribution is -2.31. The number of thiol groups is 1. The molecule has 0 saturated heterocycles. The molecule has 0 aromatic rings. The van der Waals surface area contributed by atoms with Crippen LogP contribution in [0.5, 0.6) is 0 Å². The Morgan fingerprint density at radius 3 is 2.57 bits per heavy atom. The van der Waals surface area contributed by atoms with Gasteiger partial charge in [0, 0.05) is 20.0 Å². The van der Waals surface area contributed by atoms with E-state index in [1.54, 1.807) is 0 Å². The van der Waals surface area contributed by atoms with Crippen molar-refractivity contribution in [2.45, 2.75) is 32.1 Å². The second-order valence-electron chi connectivity index (χ2n) is 5.05. The van der Waals surface area contributed by atoms with Gasteiger partial charge >= 0.3 is 0 Å². The Kier molecular flexibility index (Phi) is 2.78. The minimum Gasteiger partial charge on any atom is -0.345 e. The molecule has 0 spiro atoms. The maximum Gasteiger partial charge on any atom is 0.222 e. The Morgan fingerprint density at radius 2 is 2.14 bits per heavy atom. The second-order valence-corrected chi connectivity index (χ2v) is 5.37. The lowest BCUT2D eigenvalue weighted by Gasteiger charge is -2.20. The SMILES string of the molecule is CN(CC1CC1)C(=O)CC1(CS)CC1. The molecular weight excluding hydrogens is 194 g/mol. The summed E-state index contributed by atoms with van der Waals surface area (Å²) in [7, 11) is 1.94. The average Bonchev–Trinajstić information content (AvgIpc) is 3.01. The summed E-state index contributed by atoms with van der Waals surface area (Å²) >= 11 is 4.32. The fraction of sp³-hybridized carbons (Fsp3) is 0.909. The Bertz CT molecular complexity index is 233. The van der Waals surface area contributed by atoms with Crippen LogP contribution in [0.15, 0.2) is 0 Å². The van der Waals surface area contributed by atoms with Crippen LogP contribution in [0.4, 0.5) is 0 Å². The van der Waals surface area contributed by atoms with E-state index in [-0.39, 0.29) is 5.41 Å². The fourth-order valence-electron chi connectivity index (χ4n) is 1.81. The quantitative estimate of drug-likeness (QED) is 0.692. The van der Waals surface area contributed by atoms with Gasteiger partial charge in [0.25, 0.3) is 0 Å². The summed E-state index contributed by atoms with van der Waals surface area (Å²) < 4.78 is 0. The molecule has 0 unspecified atom stereocenters. The normalized spacial score (nSPS) is 23.3. The van der Waals surface area contributed by atoms with Crippen LogP contribution in [0.25, 0.3) is 0 Å². The van der Waals surface area contributed by atoms with Gasteiger partial charge in [-0.3, -0.25) is 4.79 Å². The van der Waals surface area contributed by atoms with Gasteiger partial charge in [0.15, 0.2) is 0 Å². The van der Waals surface area contributed by atoms with Gasteiger partial charge in [0.05, 0.1) is 0 Å². The number of carbonyl (C=O) groups is 1. The smallest absolute Gasteiger partial charge is 0.222 e. The fourth-order valence-corrected chi connectivity index (χ4v) is 2.24. The molecule has 0 N–H and O–H groups in total. The van der Waals surface area contributed by atoms with E-state index in [1.807, 2.05) is 11.9 Å². The molecule has 2 nitrogen and oxygen atoms in total. The van der Waals surface area contributed by atoms with Crippen molar-refractivity contribution in [2.24, 2.45) is 11.3 Å². The zero-order chi connectivity index (χ0) is 10.2. The first kappa shape index (κ1) is 10.3. The highest BCUT2D eigenvalue weighted by molar-refractivity contribution is 7.80. The molecule has 2 aliphatic rings. The molecule has 80 valence electrons. The highest BCUT2D eigenvalue weighted by atomic mass is 32.1. The largest absolute Gasteiger partial charge is 0.345 e. The molecule has 0 radical (unpaired) electrons. The van der Waals surface area contributed by atoms with E-state index in [9.17, 15) is 4.79 Å². The predicted molar refractivity (Wildman–Crippen MR) is 60.5 cm³/mol. The van der Waals surface area contributed by atoms with E-state index >= 15 is 0 Å². The van der Waals surface area contributed by atoms with Gasteiger partial charge in [0.2, 0.25) is 5.91 Å². The molecule has 2 rings (SSSR count). The Balaban J connectivity index is 1.76. The van der Waals surface area contributed by atoms with Gasteiger partial charge < -0.3 is 4.90 Å². The van der Waals surface area contributed by atoms with Gasteiger partial charge in [-0.25, -0.2) is 0 Å². The number of rotatable bonds is 5. The Morgan fingerprint density at radius 1 is 1.50 bits per heavy atom. The number of nitrogens with zero attached hydrogens (tertiary/aromatic N) is 1. The summed E-state index contributed by atoms with van der Waals surface area (Å²) in [5.74, 6) is 1.99. The summed E-state index contributed by atoms with van der Waals surface area (Å²) in [6.45, 7) is 0.974. The number of hydrogen-bond donors (Lipinski definition) is 1. The van der Waals surface area contributed by atoms with Crippen molar-refractivity contribution in [3.05, 3.63) is 0 Å². The Labute approximate surface area is 91.5 Å². The van der Waals surface area contributed by atoms with Crippen LogP contribution < -0.4 is 0 Å². The van der Waals surface area contributed by atoms with Crippen molar-refractivity contribution in [3.63, 3.8) is 0 Å².